The lowest BCUT2D eigenvalue weighted by molar-refractivity contribution is -0.152. The average Bonchev–Trinajstić information content (AvgIpc) is 3.35. The number of methoxy groups -OCH3 is 2. The molecular weight excluding hydrogens is 577 g/mol. The summed E-state index contributed by atoms with van der Waals surface area (Å²) in [4.78, 5) is 37.1. The SMILES string of the molecule is COc1ncc(C(F)(F)F)cc1CN[C@H]1[C@H](C(C)(C)C)[C@@H](C(=O)O)N(C(=O)[C@H](C)c2ccccc2)[C@H]1c1cccnc1OC. The lowest BCUT2D eigenvalue weighted by atomic mass is 9.72. The van der Waals surface area contributed by atoms with Gasteiger partial charge in [0, 0.05) is 42.0 Å². The fourth-order valence-electron chi connectivity index (χ4n) is 6.15. The van der Waals surface area contributed by atoms with Crippen molar-refractivity contribution in [3.63, 3.8) is 0 Å². The van der Waals surface area contributed by atoms with Crippen molar-refractivity contribution in [3.05, 3.63) is 83.2 Å². The molecule has 1 amide bonds. The minimum Gasteiger partial charge on any atom is -0.481 e. The maximum absolute atomic E-state index is 14.4. The molecule has 236 valence electrons. The van der Waals surface area contributed by atoms with Gasteiger partial charge in [-0.25, -0.2) is 14.8 Å². The maximum atomic E-state index is 14.4. The monoisotopic (exact) mass is 614 g/mol. The Hall–Kier alpha value is -4.19. The number of hydrogen-bond acceptors (Lipinski definition) is 7. The molecule has 1 saturated heterocycles. The van der Waals surface area contributed by atoms with Gasteiger partial charge in [-0.2, -0.15) is 13.2 Å². The average molecular weight is 615 g/mol. The first-order chi connectivity index (χ1) is 20.7. The Labute approximate surface area is 254 Å². The van der Waals surface area contributed by atoms with Gasteiger partial charge in [-0.05, 0) is 36.1 Å². The number of amides is 1. The van der Waals surface area contributed by atoms with Crippen molar-refractivity contribution in [3.8, 4) is 11.8 Å². The molecule has 2 aromatic heterocycles. The van der Waals surface area contributed by atoms with Crippen molar-refractivity contribution in [2.75, 3.05) is 14.2 Å². The van der Waals surface area contributed by atoms with Crippen molar-refractivity contribution in [1.82, 2.24) is 20.2 Å². The highest BCUT2D eigenvalue weighted by molar-refractivity contribution is 5.89. The predicted molar refractivity (Wildman–Crippen MR) is 156 cm³/mol. The molecule has 1 aliphatic rings. The number of halogens is 3. The van der Waals surface area contributed by atoms with Crippen molar-refractivity contribution >= 4 is 11.9 Å². The Morgan fingerprint density at radius 2 is 1.68 bits per heavy atom. The molecule has 44 heavy (non-hydrogen) atoms. The predicted octanol–water partition coefficient (Wildman–Crippen LogP) is 5.47. The Morgan fingerprint density at radius 1 is 1.02 bits per heavy atom. The van der Waals surface area contributed by atoms with Crippen LogP contribution in [0.4, 0.5) is 13.2 Å². The first-order valence-corrected chi connectivity index (χ1v) is 14.1. The second-order valence-corrected chi connectivity index (χ2v) is 11.9. The fraction of sp³-hybridized carbons (Fsp3) is 0.438. The van der Waals surface area contributed by atoms with Gasteiger partial charge < -0.3 is 24.8 Å². The van der Waals surface area contributed by atoms with Crippen LogP contribution >= 0.6 is 0 Å². The van der Waals surface area contributed by atoms with Crippen molar-refractivity contribution in [2.24, 2.45) is 11.3 Å². The van der Waals surface area contributed by atoms with E-state index in [9.17, 15) is 27.9 Å². The molecule has 0 saturated carbocycles. The van der Waals surface area contributed by atoms with Gasteiger partial charge in [0.25, 0.3) is 0 Å². The normalized spacial score (nSPS) is 21.2. The Bertz CT molecular complexity index is 1480. The van der Waals surface area contributed by atoms with E-state index in [2.05, 4.69) is 15.3 Å². The number of rotatable bonds is 9. The number of nitrogens with one attached hydrogen (secondary N) is 1. The van der Waals surface area contributed by atoms with Crippen LogP contribution < -0.4 is 14.8 Å². The van der Waals surface area contributed by atoms with E-state index >= 15 is 0 Å². The highest BCUT2D eigenvalue weighted by Gasteiger charge is 2.59. The third kappa shape index (κ3) is 6.50. The van der Waals surface area contributed by atoms with Gasteiger partial charge in [0.15, 0.2) is 0 Å². The van der Waals surface area contributed by atoms with E-state index in [1.54, 1.807) is 43.3 Å². The smallest absolute Gasteiger partial charge is 0.417 e. The molecule has 0 radical (unpaired) electrons. The molecule has 1 aromatic carbocycles. The zero-order valence-corrected chi connectivity index (χ0v) is 25.4. The summed E-state index contributed by atoms with van der Waals surface area (Å²) in [5, 5.41) is 14.0. The number of carbonyl (C=O) groups is 2. The van der Waals surface area contributed by atoms with Gasteiger partial charge in [0.1, 0.15) is 6.04 Å². The molecule has 5 atom stereocenters. The molecule has 3 aromatic rings. The van der Waals surface area contributed by atoms with Crippen LogP contribution in [0.2, 0.25) is 0 Å². The molecule has 0 spiro atoms. The topological polar surface area (TPSA) is 114 Å². The molecule has 2 N–H and O–H groups in total. The molecular formula is C32H37F3N4O5. The van der Waals surface area contributed by atoms with E-state index < -0.39 is 59.0 Å². The van der Waals surface area contributed by atoms with Crippen LogP contribution in [0.1, 0.15) is 61.9 Å². The summed E-state index contributed by atoms with van der Waals surface area (Å²) < 4.78 is 51.6. The van der Waals surface area contributed by atoms with Crippen LogP contribution in [0.25, 0.3) is 0 Å². The summed E-state index contributed by atoms with van der Waals surface area (Å²) in [6.45, 7) is 7.20. The zero-order chi connectivity index (χ0) is 32.4. The van der Waals surface area contributed by atoms with Crippen LogP contribution in [0.5, 0.6) is 11.8 Å². The van der Waals surface area contributed by atoms with Gasteiger partial charge >= 0.3 is 12.1 Å². The van der Waals surface area contributed by atoms with Gasteiger partial charge in [0.2, 0.25) is 17.7 Å². The molecule has 0 bridgehead atoms. The quantitative estimate of drug-likeness (QED) is 0.326. The van der Waals surface area contributed by atoms with Crippen molar-refractivity contribution < 1.29 is 37.3 Å². The van der Waals surface area contributed by atoms with Gasteiger partial charge in [0.05, 0.1) is 31.7 Å². The standard InChI is InChI=1S/C32H37F3N4O5/c1-18(19-11-8-7-9-12-19)29(40)39-25(22-13-10-14-36-28(22)44-6)24(23(31(2,3)4)26(39)30(41)42)37-16-20-15-21(32(33,34)35)17-38-27(20)43-5/h7-15,17-18,23-26,37H,16H2,1-6H3,(H,41,42)/t18-,23+,24+,25+,26+/m1/s1. The third-order valence-corrected chi connectivity index (χ3v) is 8.13. The highest BCUT2D eigenvalue weighted by Crippen LogP contribution is 2.50. The number of alkyl halides is 3. The minimum absolute atomic E-state index is 0.00766. The molecule has 0 aliphatic carbocycles. The maximum Gasteiger partial charge on any atom is 0.417 e. The first-order valence-electron chi connectivity index (χ1n) is 14.1. The molecule has 9 nitrogen and oxygen atoms in total. The number of benzene rings is 1. The summed E-state index contributed by atoms with van der Waals surface area (Å²) in [6, 6.07) is 10.4. The number of carboxylic acids is 1. The lowest BCUT2D eigenvalue weighted by Crippen LogP contribution is -2.48. The van der Waals surface area contributed by atoms with Crippen LogP contribution in [0.15, 0.2) is 60.9 Å². The number of likely N-dealkylation sites (tertiary alicyclic amines) is 1. The zero-order valence-electron chi connectivity index (χ0n) is 25.4. The van der Waals surface area contributed by atoms with Crippen molar-refractivity contribution in [1.29, 1.82) is 0 Å². The summed E-state index contributed by atoms with van der Waals surface area (Å²) in [5.41, 5.74) is -0.331. The first kappa shape index (κ1) is 32.7. The summed E-state index contributed by atoms with van der Waals surface area (Å²) >= 11 is 0. The van der Waals surface area contributed by atoms with Crippen LogP contribution in [-0.2, 0) is 22.3 Å². The van der Waals surface area contributed by atoms with Crippen LogP contribution in [0, 0.1) is 11.3 Å². The summed E-state index contributed by atoms with van der Waals surface area (Å²) in [7, 11) is 2.73. The van der Waals surface area contributed by atoms with E-state index in [4.69, 9.17) is 9.47 Å². The minimum atomic E-state index is -4.63. The van der Waals surface area contributed by atoms with E-state index in [-0.39, 0.29) is 23.9 Å². The summed E-state index contributed by atoms with van der Waals surface area (Å²) in [5.74, 6) is -2.83. The van der Waals surface area contributed by atoms with Crippen molar-refractivity contribution in [2.45, 2.75) is 64.5 Å². The molecule has 1 aliphatic heterocycles. The lowest BCUT2D eigenvalue weighted by Gasteiger charge is -2.35. The number of nitrogens with zero attached hydrogens (tertiary/aromatic N) is 3. The van der Waals surface area contributed by atoms with Gasteiger partial charge in [-0.3, -0.25) is 4.79 Å². The largest absolute Gasteiger partial charge is 0.481 e. The Morgan fingerprint density at radius 3 is 2.25 bits per heavy atom. The Balaban J connectivity index is 1.90. The number of carboxylic acid groups (broad SMARTS) is 1. The highest BCUT2D eigenvalue weighted by atomic mass is 19.4. The number of aromatic nitrogens is 2. The second kappa shape index (κ2) is 12.8. The molecule has 4 rings (SSSR count). The number of carbonyl (C=O) groups excluding carboxylic acids is 1. The third-order valence-electron chi connectivity index (χ3n) is 8.13. The van der Waals surface area contributed by atoms with Gasteiger partial charge in [-0.1, -0.05) is 51.1 Å². The number of pyridine rings is 2. The molecule has 0 unspecified atom stereocenters. The molecule has 3 heterocycles. The number of ether oxygens (including phenoxy) is 2. The number of aliphatic carboxylic acids is 1. The van der Waals surface area contributed by atoms with E-state index in [1.807, 2.05) is 26.8 Å². The fourth-order valence-corrected chi connectivity index (χ4v) is 6.15. The van der Waals surface area contributed by atoms with Crippen LogP contribution in [0.3, 0.4) is 0 Å². The van der Waals surface area contributed by atoms with E-state index in [0.29, 0.717) is 17.3 Å². The van der Waals surface area contributed by atoms with Gasteiger partial charge in [-0.15, -0.1) is 0 Å². The van der Waals surface area contributed by atoms with E-state index in [1.165, 1.54) is 25.3 Å². The summed E-state index contributed by atoms with van der Waals surface area (Å²) in [6.07, 6.45) is -2.41. The second-order valence-electron chi connectivity index (χ2n) is 11.9. The molecule has 12 heteroatoms. The molecule has 1 fully saturated rings. The number of hydrogen-bond donors (Lipinski definition) is 2. The Kier molecular flexibility index (Phi) is 9.53. The van der Waals surface area contributed by atoms with E-state index in [0.717, 1.165) is 6.07 Å². The van der Waals surface area contributed by atoms with Crippen LogP contribution in [-0.4, -0.2) is 58.2 Å².